The highest BCUT2D eigenvalue weighted by atomic mass is 32.2. The molecule has 7 heteroatoms. The minimum absolute atomic E-state index is 0.0441. The predicted molar refractivity (Wildman–Crippen MR) is 100 cm³/mol. The smallest absolute Gasteiger partial charge is 0.211 e. The number of piperidine rings is 1. The molecule has 0 aliphatic carbocycles. The van der Waals surface area contributed by atoms with E-state index in [0.717, 1.165) is 16.5 Å². The maximum Gasteiger partial charge on any atom is 0.211 e. The second-order valence-corrected chi connectivity index (χ2v) is 9.06. The van der Waals surface area contributed by atoms with Crippen LogP contribution in [0.3, 0.4) is 0 Å². The van der Waals surface area contributed by atoms with Crippen molar-refractivity contribution < 1.29 is 13.2 Å². The SMILES string of the molecule is CS(=O)(=O)N1CCC(Oc2ccc(SCc3ccccc3)nc2)CC1. The van der Waals surface area contributed by atoms with Crippen LogP contribution in [0, 0.1) is 0 Å². The summed E-state index contributed by atoms with van der Waals surface area (Å²) in [7, 11) is -3.09. The molecule has 3 rings (SSSR count). The van der Waals surface area contributed by atoms with Gasteiger partial charge in [-0.3, -0.25) is 0 Å². The Balaban J connectivity index is 1.48. The van der Waals surface area contributed by atoms with E-state index >= 15 is 0 Å². The van der Waals surface area contributed by atoms with E-state index in [2.05, 4.69) is 17.1 Å². The molecule has 0 N–H and O–H groups in total. The van der Waals surface area contributed by atoms with Gasteiger partial charge in [-0.2, -0.15) is 0 Å². The Labute approximate surface area is 153 Å². The molecule has 1 aromatic heterocycles. The number of benzene rings is 1. The number of rotatable bonds is 6. The van der Waals surface area contributed by atoms with Crippen molar-refractivity contribution in [2.24, 2.45) is 0 Å². The summed E-state index contributed by atoms with van der Waals surface area (Å²) in [5, 5.41) is 0.961. The van der Waals surface area contributed by atoms with E-state index in [9.17, 15) is 8.42 Å². The van der Waals surface area contributed by atoms with Gasteiger partial charge in [0.1, 0.15) is 11.9 Å². The summed E-state index contributed by atoms with van der Waals surface area (Å²) in [4.78, 5) is 4.45. The number of ether oxygens (including phenoxy) is 1. The molecule has 1 aliphatic rings. The summed E-state index contributed by atoms with van der Waals surface area (Å²) in [6.07, 6.45) is 4.46. The lowest BCUT2D eigenvalue weighted by Gasteiger charge is -2.30. The van der Waals surface area contributed by atoms with Gasteiger partial charge < -0.3 is 4.74 Å². The van der Waals surface area contributed by atoms with Crippen LogP contribution >= 0.6 is 11.8 Å². The Morgan fingerprint density at radius 2 is 1.88 bits per heavy atom. The minimum Gasteiger partial charge on any atom is -0.489 e. The molecule has 0 radical (unpaired) electrons. The quantitative estimate of drug-likeness (QED) is 0.723. The van der Waals surface area contributed by atoms with Crippen LogP contribution in [-0.4, -0.2) is 43.2 Å². The van der Waals surface area contributed by atoms with Crippen LogP contribution < -0.4 is 4.74 Å². The number of nitrogens with zero attached hydrogens (tertiary/aromatic N) is 2. The first-order valence-corrected chi connectivity index (χ1v) is 11.1. The minimum atomic E-state index is -3.09. The number of aromatic nitrogens is 1. The van der Waals surface area contributed by atoms with Crippen molar-refractivity contribution in [3.8, 4) is 5.75 Å². The standard InChI is InChI=1S/C18H22N2O3S2/c1-25(21,22)20-11-9-16(10-12-20)23-17-7-8-18(19-13-17)24-14-15-5-3-2-4-6-15/h2-8,13,16H,9-12,14H2,1H3. The average molecular weight is 379 g/mol. The van der Waals surface area contributed by atoms with E-state index in [1.54, 1.807) is 18.0 Å². The molecule has 1 saturated heterocycles. The van der Waals surface area contributed by atoms with E-state index in [4.69, 9.17) is 4.74 Å². The number of thioether (sulfide) groups is 1. The van der Waals surface area contributed by atoms with Crippen molar-refractivity contribution in [1.82, 2.24) is 9.29 Å². The summed E-state index contributed by atoms with van der Waals surface area (Å²) in [6, 6.07) is 14.2. The molecule has 1 aromatic carbocycles. The van der Waals surface area contributed by atoms with Gasteiger partial charge in [-0.15, -0.1) is 11.8 Å². The zero-order valence-electron chi connectivity index (χ0n) is 14.2. The van der Waals surface area contributed by atoms with Crippen LogP contribution in [0.15, 0.2) is 53.7 Å². The molecule has 0 unspecified atom stereocenters. The van der Waals surface area contributed by atoms with Crippen molar-refractivity contribution in [3.05, 3.63) is 54.2 Å². The molecule has 1 fully saturated rings. The molecule has 1 aliphatic heterocycles. The third-order valence-electron chi connectivity index (χ3n) is 4.11. The molecular formula is C18H22N2O3S2. The van der Waals surface area contributed by atoms with Gasteiger partial charge in [0.15, 0.2) is 0 Å². The second-order valence-electron chi connectivity index (χ2n) is 6.09. The first kappa shape index (κ1) is 18.2. The highest BCUT2D eigenvalue weighted by Gasteiger charge is 2.25. The molecule has 0 spiro atoms. The van der Waals surface area contributed by atoms with Gasteiger partial charge in [-0.05, 0) is 30.5 Å². The molecule has 5 nitrogen and oxygen atoms in total. The monoisotopic (exact) mass is 378 g/mol. The van der Waals surface area contributed by atoms with E-state index in [-0.39, 0.29) is 6.10 Å². The largest absolute Gasteiger partial charge is 0.489 e. The van der Waals surface area contributed by atoms with Crippen molar-refractivity contribution in [1.29, 1.82) is 0 Å². The third-order valence-corrected chi connectivity index (χ3v) is 6.43. The molecule has 2 aromatic rings. The Morgan fingerprint density at radius 1 is 1.16 bits per heavy atom. The number of pyridine rings is 1. The molecule has 134 valence electrons. The normalized spacial score (nSPS) is 16.7. The zero-order valence-corrected chi connectivity index (χ0v) is 15.8. The number of hydrogen-bond acceptors (Lipinski definition) is 5. The lowest BCUT2D eigenvalue weighted by Crippen LogP contribution is -2.41. The van der Waals surface area contributed by atoms with Gasteiger partial charge in [-0.1, -0.05) is 30.3 Å². The molecule has 0 amide bonds. The average Bonchev–Trinajstić information content (AvgIpc) is 2.62. The maximum atomic E-state index is 11.5. The Hall–Kier alpha value is -1.57. The molecule has 0 saturated carbocycles. The zero-order chi connectivity index (χ0) is 17.7. The highest BCUT2D eigenvalue weighted by molar-refractivity contribution is 7.98. The van der Waals surface area contributed by atoms with Crippen LogP contribution in [0.25, 0.3) is 0 Å². The van der Waals surface area contributed by atoms with Crippen molar-refractivity contribution in [3.63, 3.8) is 0 Å². The summed E-state index contributed by atoms with van der Waals surface area (Å²) in [5.41, 5.74) is 1.27. The summed E-state index contributed by atoms with van der Waals surface area (Å²) >= 11 is 1.69. The number of hydrogen-bond donors (Lipinski definition) is 0. The van der Waals surface area contributed by atoms with E-state index in [1.807, 2.05) is 30.3 Å². The second kappa shape index (κ2) is 8.21. The van der Waals surface area contributed by atoms with Crippen molar-refractivity contribution >= 4 is 21.8 Å². The van der Waals surface area contributed by atoms with Crippen LogP contribution in [0.1, 0.15) is 18.4 Å². The summed E-state index contributed by atoms with van der Waals surface area (Å²) in [6.45, 7) is 1.03. The van der Waals surface area contributed by atoms with Gasteiger partial charge in [0.05, 0.1) is 17.5 Å². The lowest BCUT2D eigenvalue weighted by molar-refractivity contribution is 0.135. The van der Waals surface area contributed by atoms with Gasteiger partial charge in [0.25, 0.3) is 0 Å². The Kier molecular flexibility index (Phi) is 5.98. The van der Waals surface area contributed by atoms with Gasteiger partial charge in [0.2, 0.25) is 10.0 Å². The first-order chi connectivity index (χ1) is 12.0. The molecule has 0 bridgehead atoms. The van der Waals surface area contributed by atoms with E-state index < -0.39 is 10.0 Å². The van der Waals surface area contributed by atoms with Crippen LogP contribution in [0.5, 0.6) is 5.75 Å². The fourth-order valence-electron chi connectivity index (χ4n) is 2.73. The lowest BCUT2D eigenvalue weighted by atomic mass is 10.1. The fourth-order valence-corrected chi connectivity index (χ4v) is 4.40. The van der Waals surface area contributed by atoms with Gasteiger partial charge in [0, 0.05) is 18.8 Å². The Morgan fingerprint density at radius 3 is 2.48 bits per heavy atom. The maximum absolute atomic E-state index is 11.5. The summed E-state index contributed by atoms with van der Waals surface area (Å²) < 4.78 is 30.5. The van der Waals surface area contributed by atoms with E-state index in [1.165, 1.54) is 16.1 Å². The van der Waals surface area contributed by atoms with Crippen molar-refractivity contribution in [2.75, 3.05) is 19.3 Å². The first-order valence-electron chi connectivity index (χ1n) is 8.25. The highest BCUT2D eigenvalue weighted by Crippen LogP contribution is 2.24. The molecule has 2 heterocycles. The summed E-state index contributed by atoms with van der Waals surface area (Å²) in [5.74, 6) is 1.62. The molecule has 0 atom stereocenters. The van der Waals surface area contributed by atoms with Crippen molar-refractivity contribution in [2.45, 2.75) is 29.7 Å². The van der Waals surface area contributed by atoms with Crippen LogP contribution in [0.4, 0.5) is 0 Å². The van der Waals surface area contributed by atoms with Gasteiger partial charge >= 0.3 is 0 Å². The topological polar surface area (TPSA) is 59.5 Å². The van der Waals surface area contributed by atoms with E-state index in [0.29, 0.717) is 25.9 Å². The molecule has 25 heavy (non-hydrogen) atoms. The van der Waals surface area contributed by atoms with Gasteiger partial charge in [-0.25, -0.2) is 17.7 Å². The fraction of sp³-hybridized carbons (Fsp3) is 0.389. The third kappa shape index (κ3) is 5.45. The molecular weight excluding hydrogens is 356 g/mol. The van der Waals surface area contributed by atoms with Crippen LogP contribution in [0.2, 0.25) is 0 Å². The number of sulfonamides is 1. The Bertz CT molecular complexity index is 772. The predicted octanol–water partition coefficient (Wildman–Crippen LogP) is 3.18. The van der Waals surface area contributed by atoms with Crippen LogP contribution in [-0.2, 0) is 15.8 Å².